The third kappa shape index (κ3) is 6.87. The van der Waals surface area contributed by atoms with E-state index in [4.69, 9.17) is 32.9 Å². The maximum Gasteiger partial charge on any atom is 0.220 e. The number of likely N-dealkylation sites (tertiary alicyclic amines) is 2. The van der Waals surface area contributed by atoms with Gasteiger partial charge in [-0.05, 0) is 30.7 Å². The zero-order chi connectivity index (χ0) is 35.0. The number of carbonyl (C=O) groups is 2. The molecule has 0 radical (unpaired) electrons. The number of nitrogens with zero attached hydrogens (tertiary/aromatic N) is 4. The Bertz CT molecular complexity index is 1950. The molecule has 2 aromatic carbocycles. The standard InChI is InChI=1S/C37H38Cl2FN7O3/c1-22(48)47-20-37(21-47)18-46(19-37)17-24-5-3-8-30(34(24)40)44-29-7-4-6-27(32(29)38)35-33(39)26(13-14-42-35)28-11-9-23(36(45-28)50-2)15-41-16-25-10-12-31(49)43-25/h3-9,11,13-14,25,41,44H,10,12,15-21H2,1-2H3,(H,43,49)/t25-/m0/s1. The quantitative estimate of drug-likeness (QED) is 0.172. The number of halogens is 3. The predicted molar refractivity (Wildman–Crippen MR) is 192 cm³/mol. The predicted octanol–water partition coefficient (Wildman–Crippen LogP) is 6.04. The number of hydrogen-bond donors (Lipinski definition) is 3. The Hall–Kier alpha value is -4.29. The molecule has 13 heteroatoms. The van der Waals surface area contributed by atoms with E-state index in [1.165, 1.54) is 0 Å². The van der Waals surface area contributed by atoms with Crippen LogP contribution in [-0.4, -0.2) is 77.5 Å². The summed E-state index contributed by atoms with van der Waals surface area (Å²) in [6.45, 7) is 6.51. The van der Waals surface area contributed by atoms with Crippen molar-refractivity contribution in [2.45, 2.75) is 38.9 Å². The lowest BCUT2D eigenvalue weighted by Gasteiger charge is -2.60. The van der Waals surface area contributed by atoms with Gasteiger partial charge in [0.25, 0.3) is 0 Å². The molecule has 3 N–H and O–H groups in total. The van der Waals surface area contributed by atoms with E-state index in [9.17, 15) is 9.59 Å². The van der Waals surface area contributed by atoms with Gasteiger partial charge in [-0.1, -0.05) is 53.5 Å². The second-order valence-electron chi connectivity index (χ2n) is 13.4. The van der Waals surface area contributed by atoms with Crippen molar-refractivity contribution in [1.82, 2.24) is 30.4 Å². The van der Waals surface area contributed by atoms with Gasteiger partial charge in [-0.15, -0.1) is 0 Å². The minimum Gasteiger partial charge on any atom is -0.481 e. The molecule has 1 spiro atoms. The van der Waals surface area contributed by atoms with Crippen molar-refractivity contribution < 1.29 is 18.7 Å². The molecule has 1 atom stereocenters. The van der Waals surface area contributed by atoms with E-state index in [0.717, 1.165) is 38.2 Å². The normalized spacial score (nSPS) is 18.1. The summed E-state index contributed by atoms with van der Waals surface area (Å²) >= 11 is 13.9. The molecule has 0 saturated carbocycles. The largest absolute Gasteiger partial charge is 0.481 e. The van der Waals surface area contributed by atoms with Crippen LogP contribution in [0.2, 0.25) is 10.0 Å². The Kier molecular flexibility index (Phi) is 9.67. The first-order valence-corrected chi connectivity index (χ1v) is 17.4. The molecule has 3 saturated heterocycles. The average Bonchev–Trinajstić information content (AvgIpc) is 3.49. The van der Waals surface area contributed by atoms with Gasteiger partial charge < -0.3 is 25.6 Å². The molecule has 3 fully saturated rings. The number of rotatable bonds is 11. The van der Waals surface area contributed by atoms with Crippen molar-refractivity contribution in [2.24, 2.45) is 5.41 Å². The van der Waals surface area contributed by atoms with Crippen molar-refractivity contribution in [3.63, 3.8) is 0 Å². The van der Waals surface area contributed by atoms with Gasteiger partial charge in [-0.25, -0.2) is 9.37 Å². The molecule has 3 aliphatic rings. The number of hydrogen-bond acceptors (Lipinski definition) is 8. The van der Waals surface area contributed by atoms with Crippen LogP contribution in [0.3, 0.4) is 0 Å². The fourth-order valence-corrected chi connectivity index (χ4v) is 7.74. The minimum absolute atomic E-state index is 0.0858. The second-order valence-corrected chi connectivity index (χ2v) is 14.2. The molecule has 10 nitrogen and oxygen atoms in total. The number of ether oxygens (including phenoxy) is 1. The van der Waals surface area contributed by atoms with Gasteiger partial charge in [-0.3, -0.25) is 19.5 Å². The third-order valence-corrected chi connectivity index (χ3v) is 10.5. The van der Waals surface area contributed by atoms with E-state index in [-0.39, 0.29) is 29.1 Å². The van der Waals surface area contributed by atoms with Crippen molar-refractivity contribution in [3.8, 4) is 28.4 Å². The number of amides is 2. The minimum atomic E-state index is -0.337. The number of aromatic nitrogens is 2. The molecule has 2 amide bonds. The third-order valence-electron chi connectivity index (χ3n) is 9.70. The molecule has 4 aromatic rings. The number of pyridine rings is 2. The SMILES string of the molecule is COc1nc(-c2ccnc(-c3cccc(Nc4cccc(CN5CC6(C5)CN(C(C)=O)C6)c4F)c3Cl)c2Cl)ccc1CNC[C@@H]1CCC(=O)N1. The summed E-state index contributed by atoms with van der Waals surface area (Å²) in [6, 6.07) is 16.5. The van der Waals surface area contributed by atoms with Crippen LogP contribution < -0.4 is 20.7 Å². The summed E-state index contributed by atoms with van der Waals surface area (Å²) in [7, 11) is 1.57. The van der Waals surface area contributed by atoms with Crippen molar-refractivity contribution in [3.05, 3.63) is 87.8 Å². The Balaban J connectivity index is 1.05. The Morgan fingerprint density at radius 3 is 2.54 bits per heavy atom. The average molecular weight is 719 g/mol. The number of benzene rings is 2. The lowest BCUT2D eigenvalue weighted by atomic mass is 9.72. The molecule has 0 bridgehead atoms. The molecule has 260 valence electrons. The molecular formula is C37H38Cl2FN7O3. The molecule has 5 heterocycles. The molecule has 50 heavy (non-hydrogen) atoms. The van der Waals surface area contributed by atoms with Crippen LogP contribution in [0.1, 0.15) is 30.9 Å². The highest BCUT2D eigenvalue weighted by Gasteiger charge is 2.52. The van der Waals surface area contributed by atoms with Crippen LogP contribution in [0.4, 0.5) is 15.8 Å². The maximum absolute atomic E-state index is 15.8. The molecule has 2 aromatic heterocycles. The highest BCUT2D eigenvalue weighted by Crippen LogP contribution is 2.42. The van der Waals surface area contributed by atoms with Crippen molar-refractivity contribution in [1.29, 1.82) is 0 Å². The molecule has 7 rings (SSSR count). The van der Waals surface area contributed by atoms with E-state index in [1.807, 2.05) is 35.2 Å². The lowest BCUT2D eigenvalue weighted by Crippen LogP contribution is -2.72. The van der Waals surface area contributed by atoms with Crippen LogP contribution in [-0.2, 0) is 22.7 Å². The van der Waals surface area contributed by atoms with Crippen LogP contribution >= 0.6 is 23.2 Å². The first kappa shape index (κ1) is 34.2. The zero-order valence-electron chi connectivity index (χ0n) is 27.9. The summed E-state index contributed by atoms with van der Waals surface area (Å²) < 4.78 is 21.4. The number of methoxy groups -OCH3 is 1. The fraction of sp³-hybridized carbons (Fsp3) is 0.351. The van der Waals surface area contributed by atoms with Gasteiger partial charge in [0.2, 0.25) is 17.7 Å². The molecule has 3 aliphatic heterocycles. The lowest BCUT2D eigenvalue weighted by molar-refractivity contribution is -0.157. The van der Waals surface area contributed by atoms with E-state index in [1.54, 1.807) is 44.5 Å². The van der Waals surface area contributed by atoms with Crippen LogP contribution in [0.25, 0.3) is 22.5 Å². The van der Waals surface area contributed by atoms with Gasteiger partial charge >= 0.3 is 0 Å². The zero-order valence-corrected chi connectivity index (χ0v) is 29.4. The Labute approximate surface area is 300 Å². The molecule has 0 aliphatic carbocycles. The van der Waals surface area contributed by atoms with E-state index in [2.05, 4.69) is 25.8 Å². The maximum atomic E-state index is 15.8. The number of nitrogens with one attached hydrogen (secondary N) is 3. The summed E-state index contributed by atoms with van der Waals surface area (Å²) in [5, 5.41) is 10.2. The summed E-state index contributed by atoms with van der Waals surface area (Å²) in [5.74, 6) is 0.316. The molecule has 0 unspecified atom stereocenters. The highest BCUT2D eigenvalue weighted by atomic mass is 35.5. The summed E-state index contributed by atoms with van der Waals surface area (Å²) in [6.07, 6.45) is 3.03. The van der Waals surface area contributed by atoms with Crippen LogP contribution in [0.15, 0.2) is 60.8 Å². The van der Waals surface area contributed by atoms with Crippen molar-refractivity contribution >= 4 is 46.4 Å². The molecular weight excluding hydrogens is 680 g/mol. The smallest absolute Gasteiger partial charge is 0.220 e. The Morgan fingerprint density at radius 2 is 1.80 bits per heavy atom. The van der Waals surface area contributed by atoms with E-state index < -0.39 is 0 Å². The summed E-state index contributed by atoms with van der Waals surface area (Å²) in [5.41, 5.74) is 4.74. The second kappa shape index (κ2) is 14.1. The number of carbonyl (C=O) groups excluding carboxylic acids is 2. The highest BCUT2D eigenvalue weighted by molar-refractivity contribution is 6.39. The Morgan fingerprint density at radius 1 is 1.02 bits per heavy atom. The van der Waals surface area contributed by atoms with Crippen molar-refractivity contribution in [2.75, 3.05) is 45.2 Å². The van der Waals surface area contributed by atoms with Crippen LogP contribution in [0, 0.1) is 11.2 Å². The van der Waals surface area contributed by atoms with Gasteiger partial charge in [0, 0.05) is 99.1 Å². The monoisotopic (exact) mass is 717 g/mol. The van der Waals surface area contributed by atoms with E-state index >= 15 is 4.39 Å². The van der Waals surface area contributed by atoms with Gasteiger partial charge in [0.1, 0.15) is 0 Å². The van der Waals surface area contributed by atoms with Gasteiger partial charge in [0.05, 0.1) is 39.9 Å². The first-order valence-electron chi connectivity index (χ1n) is 16.6. The first-order chi connectivity index (χ1) is 24.1. The topological polar surface area (TPSA) is 112 Å². The number of anilines is 2. The fourth-order valence-electron chi connectivity index (χ4n) is 7.17. The van der Waals surface area contributed by atoms with Gasteiger partial charge in [-0.2, -0.15) is 0 Å². The van der Waals surface area contributed by atoms with Gasteiger partial charge in [0.15, 0.2) is 5.82 Å². The summed E-state index contributed by atoms with van der Waals surface area (Å²) in [4.78, 5) is 36.5. The van der Waals surface area contributed by atoms with E-state index in [0.29, 0.717) is 81.4 Å². The van der Waals surface area contributed by atoms with Crippen LogP contribution in [0.5, 0.6) is 5.88 Å².